The number of hydrogen-bond donors (Lipinski definition) is 1. The molecule has 0 bridgehead atoms. The van der Waals surface area contributed by atoms with E-state index in [1.165, 1.54) is 4.90 Å². The summed E-state index contributed by atoms with van der Waals surface area (Å²) in [5.74, 6) is -1.33. The second-order valence-electron chi connectivity index (χ2n) is 4.54. The third-order valence-corrected chi connectivity index (χ3v) is 3.08. The van der Waals surface area contributed by atoms with Crippen molar-refractivity contribution in [3.63, 3.8) is 0 Å². The Morgan fingerprint density at radius 3 is 2.65 bits per heavy atom. The number of carbonyl (C=O) groups excluding carboxylic acids is 1. The largest absolute Gasteiger partial charge is 0.480 e. The fraction of sp³-hybridized carbons (Fsp3) is 0.267. The smallest absolute Gasteiger partial charge is 0.323 e. The van der Waals surface area contributed by atoms with E-state index in [0.29, 0.717) is 17.6 Å². The van der Waals surface area contributed by atoms with Crippen molar-refractivity contribution < 1.29 is 14.7 Å². The van der Waals surface area contributed by atoms with Crippen molar-refractivity contribution in [2.75, 3.05) is 13.1 Å². The first kappa shape index (κ1) is 14.0. The second-order valence-corrected chi connectivity index (χ2v) is 4.54. The van der Waals surface area contributed by atoms with Gasteiger partial charge in [-0.2, -0.15) is 0 Å². The third-order valence-electron chi connectivity index (χ3n) is 3.08. The van der Waals surface area contributed by atoms with Gasteiger partial charge in [-0.3, -0.25) is 14.6 Å². The van der Waals surface area contributed by atoms with Gasteiger partial charge in [-0.05, 0) is 26.0 Å². The first-order valence-electron chi connectivity index (χ1n) is 6.40. The Morgan fingerprint density at radius 1 is 1.25 bits per heavy atom. The average molecular weight is 272 g/mol. The van der Waals surface area contributed by atoms with Crippen LogP contribution in [0, 0.1) is 6.92 Å². The molecule has 5 heteroatoms. The first-order chi connectivity index (χ1) is 9.52. The highest BCUT2D eigenvalue weighted by Crippen LogP contribution is 2.18. The highest BCUT2D eigenvalue weighted by atomic mass is 16.4. The van der Waals surface area contributed by atoms with E-state index in [0.717, 1.165) is 11.1 Å². The van der Waals surface area contributed by atoms with Crippen LogP contribution in [0.2, 0.25) is 0 Å². The van der Waals surface area contributed by atoms with Crippen LogP contribution in [0.3, 0.4) is 0 Å². The maximum absolute atomic E-state index is 12.5. The van der Waals surface area contributed by atoms with E-state index in [9.17, 15) is 9.59 Å². The van der Waals surface area contributed by atoms with Crippen LogP contribution in [-0.4, -0.2) is 40.0 Å². The van der Waals surface area contributed by atoms with Crippen molar-refractivity contribution in [2.24, 2.45) is 0 Å². The van der Waals surface area contributed by atoms with Gasteiger partial charge < -0.3 is 10.0 Å². The zero-order valence-electron chi connectivity index (χ0n) is 11.5. The van der Waals surface area contributed by atoms with Crippen molar-refractivity contribution in [1.29, 1.82) is 0 Å². The van der Waals surface area contributed by atoms with Crippen molar-refractivity contribution in [3.05, 3.63) is 41.6 Å². The number of aryl methyl sites for hydroxylation is 1. The van der Waals surface area contributed by atoms with Gasteiger partial charge in [0.1, 0.15) is 6.54 Å². The molecule has 0 aliphatic rings. The number of aliphatic carboxylic acids is 1. The Labute approximate surface area is 116 Å². The molecule has 2 rings (SSSR count). The number of hydrogen-bond acceptors (Lipinski definition) is 3. The van der Waals surface area contributed by atoms with Crippen LogP contribution in [0.15, 0.2) is 30.3 Å². The predicted molar refractivity (Wildman–Crippen MR) is 75.7 cm³/mol. The highest BCUT2D eigenvalue weighted by Gasteiger charge is 2.19. The van der Waals surface area contributed by atoms with Gasteiger partial charge in [0.25, 0.3) is 5.91 Å². The Hall–Kier alpha value is -2.43. The summed E-state index contributed by atoms with van der Waals surface area (Å²) in [5.41, 5.74) is 1.87. The number of rotatable bonds is 4. The Morgan fingerprint density at radius 2 is 2.00 bits per heavy atom. The molecule has 1 aromatic carbocycles. The zero-order chi connectivity index (χ0) is 14.7. The Balaban J connectivity index is 2.48. The van der Waals surface area contributed by atoms with Gasteiger partial charge in [0.15, 0.2) is 0 Å². The molecule has 0 atom stereocenters. The molecule has 1 amide bonds. The van der Waals surface area contributed by atoms with E-state index in [2.05, 4.69) is 4.98 Å². The predicted octanol–water partition coefficient (Wildman–Crippen LogP) is 2.09. The molecule has 0 radical (unpaired) electrons. The van der Waals surface area contributed by atoms with E-state index < -0.39 is 5.97 Å². The van der Waals surface area contributed by atoms with Gasteiger partial charge in [0, 0.05) is 17.6 Å². The number of aromatic nitrogens is 1. The quantitative estimate of drug-likeness (QED) is 0.925. The number of carboxylic acid groups (broad SMARTS) is 1. The van der Waals surface area contributed by atoms with Crippen LogP contribution in [0.1, 0.15) is 23.0 Å². The van der Waals surface area contributed by atoms with Gasteiger partial charge >= 0.3 is 5.97 Å². The topological polar surface area (TPSA) is 70.5 Å². The summed E-state index contributed by atoms with van der Waals surface area (Å²) in [6.45, 7) is 3.64. The number of amides is 1. The highest BCUT2D eigenvalue weighted by molar-refractivity contribution is 6.06. The molecule has 2 aromatic rings. The molecule has 1 aromatic heterocycles. The lowest BCUT2D eigenvalue weighted by Crippen LogP contribution is -2.35. The molecule has 0 aliphatic heterocycles. The van der Waals surface area contributed by atoms with Crippen LogP contribution in [0.4, 0.5) is 0 Å². The van der Waals surface area contributed by atoms with Crippen molar-refractivity contribution >= 4 is 22.8 Å². The van der Waals surface area contributed by atoms with Crippen LogP contribution in [-0.2, 0) is 4.79 Å². The number of benzene rings is 1. The molecule has 0 saturated carbocycles. The SMILES string of the molecule is CCN(CC(=O)O)C(=O)c1cccc2ccc(C)nc12. The molecule has 0 spiro atoms. The summed E-state index contributed by atoms with van der Waals surface area (Å²) in [5, 5.41) is 9.73. The molecular weight excluding hydrogens is 256 g/mol. The molecule has 104 valence electrons. The zero-order valence-corrected chi connectivity index (χ0v) is 11.5. The van der Waals surface area contributed by atoms with Crippen molar-refractivity contribution in [2.45, 2.75) is 13.8 Å². The van der Waals surface area contributed by atoms with E-state index >= 15 is 0 Å². The van der Waals surface area contributed by atoms with E-state index in [-0.39, 0.29) is 12.5 Å². The molecule has 0 unspecified atom stereocenters. The molecule has 20 heavy (non-hydrogen) atoms. The molecule has 5 nitrogen and oxygen atoms in total. The number of nitrogens with zero attached hydrogens (tertiary/aromatic N) is 2. The fourth-order valence-electron chi connectivity index (χ4n) is 2.08. The molecule has 0 aliphatic carbocycles. The molecule has 1 heterocycles. The molecule has 1 N–H and O–H groups in total. The summed E-state index contributed by atoms with van der Waals surface area (Å²) in [4.78, 5) is 29.0. The summed E-state index contributed by atoms with van der Waals surface area (Å²) >= 11 is 0. The van der Waals surface area contributed by atoms with Crippen LogP contribution >= 0.6 is 0 Å². The number of pyridine rings is 1. The minimum absolute atomic E-state index is 0.307. The van der Waals surface area contributed by atoms with Gasteiger partial charge in [0.2, 0.25) is 0 Å². The van der Waals surface area contributed by atoms with Gasteiger partial charge in [0.05, 0.1) is 11.1 Å². The molecule has 0 fully saturated rings. The van der Waals surface area contributed by atoms with Crippen LogP contribution in [0.25, 0.3) is 10.9 Å². The number of carboxylic acids is 1. The standard InChI is InChI=1S/C15H16N2O3/c1-3-17(9-13(18)19)15(20)12-6-4-5-11-8-7-10(2)16-14(11)12/h4-8H,3,9H2,1-2H3,(H,18,19). The average Bonchev–Trinajstić information content (AvgIpc) is 2.43. The maximum atomic E-state index is 12.5. The monoisotopic (exact) mass is 272 g/mol. The number of carbonyl (C=O) groups is 2. The van der Waals surface area contributed by atoms with Crippen LogP contribution in [0.5, 0.6) is 0 Å². The number of likely N-dealkylation sites (N-methyl/N-ethyl adjacent to an activating group) is 1. The maximum Gasteiger partial charge on any atom is 0.323 e. The number of fused-ring (bicyclic) bond motifs is 1. The van der Waals surface area contributed by atoms with Crippen LogP contribution < -0.4 is 0 Å². The first-order valence-corrected chi connectivity index (χ1v) is 6.40. The lowest BCUT2D eigenvalue weighted by atomic mass is 10.1. The summed E-state index contributed by atoms with van der Waals surface area (Å²) in [6, 6.07) is 9.13. The van der Waals surface area contributed by atoms with Crippen molar-refractivity contribution in [1.82, 2.24) is 9.88 Å². The summed E-state index contributed by atoms with van der Waals surface area (Å²) < 4.78 is 0. The third kappa shape index (κ3) is 2.77. The van der Waals surface area contributed by atoms with Gasteiger partial charge in [-0.25, -0.2) is 0 Å². The molecular formula is C15H16N2O3. The lowest BCUT2D eigenvalue weighted by molar-refractivity contribution is -0.137. The summed E-state index contributed by atoms with van der Waals surface area (Å²) in [7, 11) is 0. The van der Waals surface area contributed by atoms with E-state index in [1.54, 1.807) is 19.1 Å². The van der Waals surface area contributed by atoms with E-state index in [4.69, 9.17) is 5.11 Å². The Kier molecular flexibility index (Phi) is 3.98. The number of para-hydroxylation sites is 1. The lowest BCUT2D eigenvalue weighted by Gasteiger charge is -2.19. The van der Waals surface area contributed by atoms with Crippen molar-refractivity contribution in [3.8, 4) is 0 Å². The summed E-state index contributed by atoms with van der Waals surface area (Å²) in [6.07, 6.45) is 0. The normalized spacial score (nSPS) is 10.5. The molecule has 0 saturated heterocycles. The van der Waals surface area contributed by atoms with E-state index in [1.807, 2.05) is 25.1 Å². The Bertz CT molecular complexity index is 667. The second kappa shape index (κ2) is 5.69. The minimum Gasteiger partial charge on any atom is -0.480 e. The minimum atomic E-state index is -1.02. The van der Waals surface area contributed by atoms with Gasteiger partial charge in [-0.15, -0.1) is 0 Å². The van der Waals surface area contributed by atoms with Gasteiger partial charge in [-0.1, -0.05) is 18.2 Å². The fourth-order valence-corrected chi connectivity index (χ4v) is 2.08.